The van der Waals surface area contributed by atoms with E-state index in [0.29, 0.717) is 0 Å². The van der Waals surface area contributed by atoms with Gasteiger partial charge in [-0.05, 0) is 12.1 Å². The van der Waals surface area contributed by atoms with Crippen LogP contribution in [0.3, 0.4) is 0 Å². The summed E-state index contributed by atoms with van der Waals surface area (Å²) in [5.74, 6) is -2.18. The summed E-state index contributed by atoms with van der Waals surface area (Å²) in [5, 5.41) is -0.646. The molecule has 2 aromatic rings. The van der Waals surface area contributed by atoms with Crippen LogP contribution < -0.4 is 5.73 Å². The van der Waals surface area contributed by atoms with E-state index in [1.54, 1.807) is 0 Å². The number of nitrogens with two attached hydrogens (primary N) is 1. The van der Waals surface area contributed by atoms with E-state index in [1.807, 2.05) is 0 Å². The van der Waals surface area contributed by atoms with Crippen molar-refractivity contribution in [3.05, 3.63) is 45.3 Å². The maximum Gasteiger partial charge on any atom is 0.358 e. The molecular weight excluding hydrogens is 356 g/mol. The number of pyridine rings is 1. The number of benzene rings is 1. The number of nitrogens with zero attached hydrogens (tertiary/aromatic N) is 1. The van der Waals surface area contributed by atoms with Crippen LogP contribution in [0.2, 0.25) is 10.0 Å². The molecule has 0 saturated heterocycles. The van der Waals surface area contributed by atoms with Crippen molar-refractivity contribution in [3.63, 3.8) is 0 Å². The van der Waals surface area contributed by atoms with Gasteiger partial charge in [-0.3, -0.25) is 0 Å². The molecule has 0 spiro atoms. The Morgan fingerprint density at radius 1 is 1.35 bits per heavy atom. The van der Waals surface area contributed by atoms with Gasteiger partial charge >= 0.3 is 5.97 Å². The first-order valence-corrected chi connectivity index (χ1v) is 6.84. The van der Waals surface area contributed by atoms with Gasteiger partial charge < -0.3 is 10.5 Å². The van der Waals surface area contributed by atoms with Crippen LogP contribution in [0.1, 0.15) is 22.5 Å². The third kappa shape index (κ3) is 3.20. The number of nitrogen functional groups attached to an aromatic ring is 1. The Labute approximate surface area is 139 Å². The number of rotatable bonds is 3. The molecule has 0 bridgehead atoms. The Balaban J connectivity index is 2.75. The highest BCUT2D eigenvalue weighted by atomic mass is 35.5. The van der Waals surface area contributed by atoms with Crippen molar-refractivity contribution < 1.29 is 22.7 Å². The minimum Gasteiger partial charge on any atom is -0.464 e. The average Bonchev–Trinajstić information content (AvgIpc) is 2.51. The number of ether oxygens (including phenoxy) is 1. The number of halogens is 5. The number of esters is 1. The predicted octanol–water partition coefficient (Wildman–Crippen LogP) is 4.50. The van der Waals surface area contributed by atoms with Crippen molar-refractivity contribution in [2.45, 2.75) is 6.43 Å². The van der Waals surface area contributed by atoms with E-state index in [0.717, 1.165) is 25.3 Å². The summed E-state index contributed by atoms with van der Waals surface area (Å²) < 4.78 is 44.8. The molecule has 0 fully saturated rings. The predicted molar refractivity (Wildman–Crippen MR) is 80.4 cm³/mol. The van der Waals surface area contributed by atoms with Gasteiger partial charge in [-0.1, -0.05) is 29.3 Å². The van der Waals surface area contributed by atoms with Gasteiger partial charge in [0.15, 0.2) is 11.5 Å². The van der Waals surface area contributed by atoms with Crippen molar-refractivity contribution >= 4 is 34.9 Å². The highest BCUT2D eigenvalue weighted by Crippen LogP contribution is 2.37. The van der Waals surface area contributed by atoms with Crippen LogP contribution in [0.4, 0.5) is 18.9 Å². The highest BCUT2D eigenvalue weighted by Gasteiger charge is 2.24. The first-order valence-electron chi connectivity index (χ1n) is 6.08. The summed E-state index contributed by atoms with van der Waals surface area (Å²) in [6.07, 6.45) is -3.15. The van der Waals surface area contributed by atoms with Gasteiger partial charge in [0, 0.05) is 5.56 Å². The molecule has 2 rings (SSSR count). The van der Waals surface area contributed by atoms with E-state index in [9.17, 15) is 18.0 Å². The van der Waals surface area contributed by atoms with Crippen molar-refractivity contribution in [2.24, 2.45) is 0 Å². The van der Waals surface area contributed by atoms with Crippen LogP contribution in [0.25, 0.3) is 11.3 Å². The lowest BCUT2D eigenvalue weighted by atomic mass is 10.0. The average molecular weight is 365 g/mol. The first-order chi connectivity index (χ1) is 10.8. The zero-order chi connectivity index (χ0) is 17.3. The van der Waals surface area contributed by atoms with Gasteiger partial charge in [0.2, 0.25) is 0 Å². The zero-order valence-electron chi connectivity index (χ0n) is 11.5. The maximum atomic E-state index is 13.9. The Bertz CT molecular complexity index is 785. The van der Waals surface area contributed by atoms with E-state index < -0.39 is 28.8 Å². The minimum absolute atomic E-state index is 0.0901. The molecule has 0 aliphatic rings. The first kappa shape index (κ1) is 17.4. The van der Waals surface area contributed by atoms with Gasteiger partial charge in [-0.2, -0.15) is 0 Å². The third-order valence-corrected chi connectivity index (χ3v) is 3.68. The molecular formula is C14H9Cl2F3N2O2. The summed E-state index contributed by atoms with van der Waals surface area (Å²) in [5.41, 5.74) is 3.86. The van der Waals surface area contributed by atoms with Gasteiger partial charge in [0.05, 0.1) is 34.1 Å². The zero-order valence-corrected chi connectivity index (χ0v) is 13.1. The summed E-state index contributed by atoms with van der Waals surface area (Å²) in [6, 6.07) is 3.41. The Hall–Kier alpha value is -1.99. The van der Waals surface area contributed by atoms with Gasteiger partial charge in [0.25, 0.3) is 6.43 Å². The van der Waals surface area contributed by atoms with Crippen molar-refractivity contribution in [1.29, 1.82) is 0 Å². The second-order valence-corrected chi connectivity index (χ2v) is 5.16. The number of hydrogen-bond acceptors (Lipinski definition) is 4. The molecule has 4 nitrogen and oxygen atoms in total. The highest BCUT2D eigenvalue weighted by molar-refractivity contribution is 6.35. The van der Waals surface area contributed by atoms with E-state index in [1.165, 1.54) is 0 Å². The summed E-state index contributed by atoms with van der Waals surface area (Å²) >= 11 is 11.4. The normalized spacial score (nSPS) is 10.9. The lowest BCUT2D eigenvalue weighted by Gasteiger charge is -2.13. The number of aromatic nitrogens is 1. The van der Waals surface area contributed by atoms with E-state index >= 15 is 0 Å². The Kier molecular flexibility index (Phi) is 5.01. The van der Waals surface area contributed by atoms with E-state index in [4.69, 9.17) is 28.9 Å². The van der Waals surface area contributed by atoms with Crippen LogP contribution in [0.5, 0.6) is 0 Å². The fraction of sp³-hybridized carbons (Fsp3) is 0.143. The number of carbonyl (C=O) groups is 1. The molecule has 0 aliphatic carbocycles. The van der Waals surface area contributed by atoms with Crippen molar-refractivity contribution in [3.8, 4) is 11.3 Å². The molecule has 1 aromatic heterocycles. The fourth-order valence-electron chi connectivity index (χ4n) is 1.92. The number of alkyl halides is 2. The Morgan fingerprint density at radius 3 is 2.57 bits per heavy atom. The second kappa shape index (κ2) is 6.64. The molecule has 23 heavy (non-hydrogen) atoms. The monoisotopic (exact) mass is 364 g/mol. The molecule has 1 heterocycles. The molecule has 2 N–H and O–H groups in total. The lowest BCUT2D eigenvalue weighted by Crippen LogP contribution is -2.09. The van der Waals surface area contributed by atoms with E-state index in [2.05, 4.69) is 9.72 Å². The molecule has 1 aromatic carbocycles. The van der Waals surface area contributed by atoms with Gasteiger partial charge in [0.1, 0.15) is 0 Å². The summed E-state index contributed by atoms with van der Waals surface area (Å²) in [6.45, 7) is 0. The molecule has 9 heteroatoms. The van der Waals surface area contributed by atoms with E-state index in [-0.39, 0.29) is 27.7 Å². The molecule has 0 amide bonds. The fourth-order valence-corrected chi connectivity index (χ4v) is 2.26. The van der Waals surface area contributed by atoms with Crippen molar-refractivity contribution in [2.75, 3.05) is 12.8 Å². The number of hydrogen-bond donors (Lipinski definition) is 1. The van der Waals surface area contributed by atoms with Crippen LogP contribution in [-0.4, -0.2) is 18.1 Å². The smallest absolute Gasteiger partial charge is 0.358 e. The number of carbonyl (C=O) groups excluding carboxylic acids is 1. The summed E-state index contributed by atoms with van der Waals surface area (Å²) in [7, 11) is 1.09. The van der Waals surface area contributed by atoms with Gasteiger partial charge in [-0.15, -0.1) is 0 Å². The van der Waals surface area contributed by atoms with Gasteiger partial charge in [-0.25, -0.2) is 22.9 Å². The van der Waals surface area contributed by atoms with Crippen LogP contribution in [0.15, 0.2) is 18.2 Å². The Morgan fingerprint density at radius 2 is 2.00 bits per heavy atom. The second-order valence-electron chi connectivity index (χ2n) is 4.37. The topological polar surface area (TPSA) is 65.2 Å². The third-order valence-electron chi connectivity index (χ3n) is 2.99. The number of methoxy groups -OCH3 is 1. The molecule has 0 atom stereocenters. The van der Waals surface area contributed by atoms with Crippen LogP contribution in [0, 0.1) is 5.82 Å². The molecule has 0 radical (unpaired) electrons. The quantitative estimate of drug-likeness (QED) is 0.814. The SMILES string of the molecule is COC(=O)c1nc(-c2ccc(Cl)c(F)c2C(F)F)cc(N)c1Cl. The van der Waals surface area contributed by atoms with Crippen LogP contribution >= 0.6 is 23.2 Å². The standard InChI is InChI=1S/C14H9Cl2F3N2O2/c1-23-14(22)12-10(16)7(20)4-8(21-12)5-2-3-6(15)11(17)9(5)13(18)19/h2-4,13H,1H3,(H2,20,21). The molecule has 0 unspecified atom stereocenters. The summed E-state index contributed by atoms with van der Waals surface area (Å²) in [4.78, 5) is 15.5. The van der Waals surface area contributed by atoms with Crippen LogP contribution in [-0.2, 0) is 4.74 Å². The minimum atomic E-state index is -3.15. The van der Waals surface area contributed by atoms with Crippen molar-refractivity contribution in [1.82, 2.24) is 4.98 Å². The largest absolute Gasteiger partial charge is 0.464 e. The molecule has 0 saturated carbocycles. The lowest BCUT2D eigenvalue weighted by molar-refractivity contribution is 0.0594. The number of anilines is 1. The maximum absolute atomic E-state index is 13.9. The molecule has 122 valence electrons. The molecule has 0 aliphatic heterocycles.